The number of benzene rings is 1. The third-order valence-electron chi connectivity index (χ3n) is 3.94. The van der Waals surface area contributed by atoms with E-state index in [-0.39, 0.29) is 22.6 Å². The van der Waals surface area contributed by atoms with Crippen molar-refractivity contribution in [2.24, 2.45) is 5.92 Å². The van der Waals surface area contributed by atoms with Crippen molar-refractivity contribution in [2.75, 3.05) is 5.32 Å². The van der Waals surface area contributed by atoms with Crippen LogP contribution in [0, 0.1) is 5.92 Å². The Morgan fingerprint density at radius 3 is 2.00 bits per heavy atom. The Balaban J connectivity index is 2.78. The van der Waals surface area contributed by atoms with Gasteiger partial charge in [-0.15, -0.1) is 0 Å². The zero-order valence-corrected chi connectivity index (χ0v) is 19.4. The normalized spacial score (nSPS) is 13.4. The number of aliphatic hydroxyl groups excluding tert-OH is 1. The molecule has 10 heteroatoms. The highest BCUT2D eigenvalue weighted by molar-refractivity contribution is 6.36. The summed E-state index contributed by atoms with van der Waals surface area (Å²) in [4.78, 5) is 37.1. The van der Waals surface area contributed by atoms with Crippen LogP contribution in [-0.2, 0) is 20.9 Å². The molecule has 2 atom stereocenters. The van der Waals surface area contributed by atoms with Crippen LogP contribution in [0.3, 0.4) is 0 Å². The molecule has 1 aromatic carbocycles. The summed E-state index contributed by atoms with van der Waals surface area (Å²) in [6.45, 7) is 9.85. The summed E-state index contributed by atoms with van der Waals surface area (Å²) < 4.78 is 5.19. The maximum atomic E-state index is 12.6. The summed E-state index contributed by atoms with van der Waals surface area (Å²) in [5.41, 5.74) is -0.0325. The molecule has 0 radical (unpaired) electrons. The lowest BCUT2D eigenvalue weighted by molar-refractivity contribution is -0.128. The first kappa shape index (κ1) is 26.0. The zero-order valence-electron chi connectivity index (χ0n) is 17.9. The van der Waals surface area contributed by atoms with Crippen LogP contribution in [0.25, 0.3) is 0 Å². The molecule has 0 heterocycles. The molecular formula is C20H29Cl2N3O5. The van der Waals surface area contributed by atoms with E-state index in [9.17, 15) is 19.5 Å². The minimum Gasteiger partial charge on any atom is -0.444 e. The average Bonchev–Trinajstić information content (AvgIpc) is 2.57. The van der Waals surface area contributed by atoms with Crippen LogP contribution in [0.2, 0.25) is 10.0 Å². The fourth-order valence-electron chi connectivity index (χ4n) is 2.41. The first-order valence-corrected chi connectivity index (χ1v) is 10.2. The van der Waals surface area contributed by atoms with Crippen LogP contribution in [0.1, 0.15) is 47.1 Å². The second-order valence-electron chi connectivity index (χ2n) is 8.16. The number of rotatable bonds is 7. The van der Waals surface area contributed by atoms with Crippen molar-refractivity contribution >= 4 is 46.8 Å². The highest BCUT2D eigenvalue weighted by atomic mass is 35.5. The van der Waals surface area contributed by atoms with E-state index in [0.29, 0.717) is 11.3 Å². The molecule has 168 valence electrons. The van der Waals surface area contributed by atoms with Crippen LogP contribution in [0.15, 0.2) is 12.1 Å². The summed E-state index contributed by atoms with van der Waals surface area (Å²) >= 11 is 12.1. The van der Waals surface area contributed by atoms with Crippen LogP contribution in [0.4, 0.5) is 10.5 Å². The first-order chi connectivity index (χ1) is 13.7. The van der Waals surface area contributed by atoms with E-state index in [4.69, 9.17) is 27.9 Å². The SMILES string of the molecule is CC(C)[C@H](NC(=O)OC(C)(C)C)C(=O)N[C@@H](C)C(=O)Nc1cc(Cl)c(CO)c(Cl)c1. The minimum absolute atomic E-state index is 0.207. The molecule has 0 saturated heterocycles. The lowest BCUT2D eigenvalue weighted by Crippen LogP contribution is -2.54. The Bertz CT molecular complexity index is 770. The van der Waals surface area contributed by atoms with Gasteiger partial charge in [-0.05, 0) is 45.7 Å². The number of nitrogens with one attached hydrogen (secondary N) is 3. The van der Waals surface area contributed by atoms with Crippen molar-refractivity contribution in [3.8, 4) is 0 Å². The first-order valence-electron chi connectivity index (χ1n) is 9.44. The molecule has 0 aromatic heterocycles. The second kappa shape index (κ2) is 10.8. The van der Waals surface area contributed by atoms with Gasteiger partial charge in [0.2, 0.25) is 11.8 Å². The Kier molecular flexibility index (Phi) is 9.39. The van der Waals surface area contributed by atoms with Gasteiger partial charge in [0.05, 0.1) is 6.61 Å². The number of anilines is 1. The number of carbonyl (C=O) groups excluding carboxylic acids is 3. The quantitative estimate of drug-likeness (QED) is 0.495. The van der Waals surface area contributed by atoms with Crippen LogP contribution in [0.5, 0.6) is 0 Å². The number of ether oxygens (including phenoxy) is 1. The van der Waals surface area contributed by atoms with Gasteiger partial charge in [-0.1, -0.05) is 37.0 Å². The average molecular weight is 462 g/mol. The van der Waals surface area contributed by atoms with Crippen LogP contribution < -0.4 is 16.0 Å². The Labute approximate surface area is 186 Å². The Hall–Kier alpha value is -2.03. The molecule has 4 N–H and O–H groups in total. The standard InChI is InChI=1S/C20H29Cl2N3O5/c1-10(2)16(25-19(29)30-20(4,5)6)18(28)23-11(3)17(27)24-12-7-14(21)13(9-26)15(22)8-12/h7-8,10-11,16,26H,9H2,1-6H3,(H,23,28)(H,24,27)(H,25,29)/t11-,16-/m0/s1. The molecule has 1 rings (SSSR count). The third-order valence-corrected chi connectivity index (χ3v) is 4.61. The zero-order chi connectivity index (χ0) is 23.2. The molecule has 0 aliphatic heterocycles. The highest BCUT2D eigenvalue weighted by Crippen LogP contribution is 2.29. The number of alkyl carbamates (subject to hydrolysis) is 1. The topological polar surface area (TPSA) is 117 Å². The molecule has 30 heavy (non-hydrogen) atoms. The fraction of sp³-hybridized carbons (Fsp3) is 0.550. The lowest BCUT2D eigenvalue weighted by atomic mass is 10.0. The summed E-state index contributed by atoms with van der Waals surface area (Å²) in [7, 11) is 0. The largest absolute Gasteiger partial charge is 0.444 e. The van der Waals surface area contributed by atoms with Gasteiger partial charge in [-0.3, -0.25) is 9.59 Å². The molecule has 0 saturated carbocycles. The van der Waals surface area contributed by atoms with Crippen molar-refractivity contribution in [2.45, 2.75) is 65.8 Å². The molecular weight excluding hydrogens is 433 g/mol. The molecule has 0 bridgehead atoms. The molecule has 0 aliphatic carbocycles. The van der Waals surface area contributed by atoms with E-state index < -0.39 is 35.6 Å². The van der Waals surface area contributed by atoms with Crippen molar-refractivity contribution in [1.82, 2.24) is 10.6 Å². The lowest BCUT2D eigenvalue weighted by Gasteiger charge is -2.26. The van der Waals surface area contributed by atoms with Gasteiger partial charge in [-0.2, -0.15) is 0 Å². The number of hydrogen-bond donors (Lipinski definition) is 4. The minimum atomic E-state index is -0.908. The van der Waals surface area contributed by atoms with Gasteiger partial charge in [0, 0.05) is 21.3 Å². The van der Waals surface area contributed by atoms with Crippen molar-refractivity contribution in [3.63, 3.8) is 0 Å². The molecule has 3 amide bonds. The van der Waals surface area contributed by atoms with E-state index >= 15 is 0 Å². The summed E-state index contributed by atoms with van der Waals surface area (Å²) in [6, 6.07) is 1.11. The van der Waals surface area contributed by atoms with E-state index in [2.05, 4.69) is 16.0 Å². The number of amides is 3. The molecule has 1 aromatic rings. The Morgan fingerprint density at radius 1 is 1.03 bits per heavy atom. The number of carbonyl (C=O) groups is 3. The molecule has 8 nitrogen and oxygen atoms in total. The monoisotopic (exact) mass is 461 g/mol. The number of hydrogen-bond acceptors (Lipinski definition) is 5. The highest BCUT2D eigenvalue weighted by Gasteiger charge is 2.29. The van der Waals surface area contributed by atoms with Crippen molar-refractivity contribution < 1.29 is 24.2 Å². The second-order valence-corrected chi connectivity index (χ2v) is 8.98. The summed E-state index contributed by atoms with van der Waals surface area (Å²) in [5, 5.41) is 17.4. The molecule has 0 aliphatic rings. The molecule has 0 fully saturated rings. The van der Waals surface area contributed by atoms with Crippen molar-refractivity contribution in [1.29, 1.82) is 0 Å². The number of halogens is 2. The maximum absolute atomic E-state index is 12.6. The van der Waals surface area contributed by atoms with Crippen molar-refractivity contribution in [3.05, 3.63) is 27.7 Å². The predicted molar refractivity (Wildman–Crippen MR) is 117 cm³/mol. The van der Waals surface area contributed by atoms with E-state index in [0.717, 1.165) is 0 Å². The van der Waals surface area contributed by atoms with Gasteiger partial charge >= 0.3 is 6.09 Å². The van der Waals surface area contributed by atoms with Crippen LogP contribution >= 0.6 is 23.2 Å². The van der Waals surface area contributed by atoms with E-state index in [1.54, 1.807) is 34.6 Å². The van der Waals surface area contributed by atoms with Gasteiger partial charge in [-0.25, -0.2) is 4.79 Å². The fourth-order valence-corrected chi connectivity index (χ4v) is 3.02. The Morgan fingerprint density at radius 2 is 1.57 bits per heavy atom. The summed E-state index contributed by atoms with van der Waals surface area (Å²) in [6.07, 6.45) is -0.721. The van der Waals surface area contributed by atoms with E-state index in [1.165, 1.54) is 19.1 Å². The van der Waals surface area contributed by atoms with Gasteiger partial charge in [0.1, 0.15) is 17.7 Å². The smallest absolute Gasteiger partial charge is 0.408 e. The maximum Gasteiger partial charge on any atom is 0.408 e. The number of aliphatic hydroxyl groups is 1. The van der Waals surface area contributed by atoms with Gasteiger partial charge < -0.3 is 25.8 Å². The third kappa shape index (κ3) is 8.01. The predicted octanol–water partition coefficient (Wildman–Crippen LogP) is 3.48. The van der Waals surface area contributed by atoms with Crippen LogP contribution in [-0.4, -0.2) is 40.7 Å². The van der Waals surface area contributed by atoms with Gasteiger partial charge in [0.15, 0.2) is 0 Å². The summed E-state index contributed by atoms with van der Waals surface area (Å²) in [5.74, 6) is -1.27. The van der Waals surface area contributed by atoms with E-state index in [1.807, 2.05) is 0 Å². The molecule has 0 unspecified atom stereocenters. The molecule has 0 spiro atoms. The van der Waals surface area contributed by atoms with Gasteiger partial charge in [0.25, 0.3) is 0 Å².